The van der Waals surface area contributed by atoms with Crippen molar-refractivity contribution in [3.05, 3.63) is 65.2 Å². The van der Waals surface area contributed by atoms with Crippen LogP contribution in [-0.4, -0.2) is 15.5 Å². The van der Waals surface area contributed by atoms with Gasteiger partial charge in [0, 0.05) is 35.0 Å². The first kappa shape index (κ1) is 12.8. The minimum Gasteiger partial charge on any atom is -0.325 e. The van der Waals surface area contributed by atoms with Crippen LogP contribution in [0.15, 0.2) is 59.8 Å². The van der Waals surface area contributed by atoms with Crippen molar-refractivity contribution in [2.45, 2.75) is 13.0 Å². The summed E-state index contributed by atoms with van der Waals surface area (Å²) in [5, 5.41) is 6.14. The normalized spacial score (nSPS) is 11.3. The van der Waals surface area contributed by atoms with Crippen molar-refractivity contribution >= 4 is 27.5 Å². The maximum Gasteiger partial charge on any atom is 0.125 e. The van der Waals surface area contributed by atoms with Crippen LogP contribution in [-0.2, 0) is 6.54 Å². The Balaban J connectivity index is 1.98. The molecule has 108 valence electrons. The zero-order valence-corrected chi connectivity index (χ0v) is 12.1. The number of rotatable bonds is 4. The van der Waals surface area contributed by atoms with E-state index in [0.717, 1.165) is 13.0 Å². The average molecular weight is 289 g/mol. The van der Waals surface area contributed by atoms with Crippen molar-refractivity contribution in [2.24, 2.45) is 5.11 Å². The summed E-state index contributed by atoms with van der Waals surface area (Å²) in [7, 11) is 0. The van der Waals surface area contributed by atoms with Crippen LogP contribution in [0.25, 0.3) is 37.9 Å². The van der Waals surface area contributed by atoms with Gasteiger partial charge in [-0.3, -0.25) is 4.40 Å². The first-order valence-corrected chi connectivity index (χ1v) is 7.38. The molecule has 2 aromatic heterocycles. The summed E-state index contributed by atoms with van der Waals surface area (Å²) >= 11 is 0. The average Bonchev–Trinajstić information content (AvgIpc) is 3.07. The third kappa shape index (κ3) is 1.84. The fourth-order valence-corrected chi connectivity index (χ4v) is 3.18. The third-order valence-corrected chi connectivity index (χ3v) is 4.09. The van der Waals surface area contributed by atoms with Crippen LogP contribution in [0.4, 0.5) is 0 Å². The van der Waals surface area contributed by atoms with Gasteiger partial charge < -0.3 is 4.57 Å². The predicted octanol–water partition coefficient (Wildman–Crippen LogP) is 4.75. The third-order valence-electron chi connectivity index (χ3n) is 4.09. The Hall–Kier alpha value is -2.91. The van der Waals surface area contributed by atoms with Gasteiger partial charge >= 0.3 is 0 Å². The molecule has 0 aliphatic carbocycles. The first-order valence-electron chi connectivity index (χ1n) is 7.38. The highest BCUT2D eigenvalue weighted by molar-refractivity contribution is 6.00. The number of benzene rings is 2. The number of aryl methyl sites for hydroxylation is 1. The van der Waals surface area contributed by atoms with Crippen molar-refractivity contribution in [3.63, 3.8) is 0 Å². The van der Waals surface area contributed by atoms with Gasteiger partial charge in [0.15, 0.2) is 0 Å². The van der Waals surface area contributed by atoms with Gasteiger partial charge in [0.05, 0.1) is 11.0 Å². The van der Waals surface area contributed by atoms with Gasteiger partial charge in [-0.15, -0.1) is 0 Å². The summed E-state index contributed by atoms with van der Waals surface area (Å²) in [5.74, 6) is 0. The number of para-hydroxylation sites is 2. The van der Waals surface area contributed by atoms with Crippen LogP contribution in [0.5, 0.6) is 0 Å². The lowest BCUT2D eigenvalue weighted by molar-refractivity contribution is 0.683. The Labute approximate surface area is 127 Å². The molecule has 4 rings (SSSR count). The fraction of sp³-hybridized carbons (Fsp3) is 0.176. The lowest BCUT2D eigenvalue weighted by Crippen LogP contribution is -1.99. The van der Waals surface area contributed by atoms with E-state index in [4.69, 9.17) is 5.53 Å². The van der Waals surface area contributed by atoms with Crippen molar-refractivity contribution in [1.29, 1.82) is 0 Å². The highest BCUT2D eigenvalue weighted by Gasteiger charge is 2.13. The quantitative estimate of drug-likeness (QED) is 0.225. The molecule has 22 heavy (non-hydrogen) atoms. The molecule has 0 spiro atoms. The molecular weight excluding hydrogens is 274 g/mol. The lowest BCUT2D eigenvalue weighted by Gasteiger charge is -2.05. The van der Waals surface area contributed by atoms with Crippen molar-refractivity contribution in [1.82, 2.24) is 8.97 Å². The Morgan fingerprint density at radius 1 is 1.00 bits per heavy atom. The van der Waals surface area contributed by atoms with Gasteiger partial charge in [0.25, 0.3) is 0 Å². The summed E-state index contributed by atoms with van der Waals surface area (Å²) < 4.78 is 4.58. The Morgan fingerprint density at radius 3 is 2.64 bits per heavy atom. The van der Waals surface area contributed by atoms with Crippen LogP contribution < -0.4 is 0 Å². The monoisotopic (exact) mass is 289 g/mol. The second kappa shape index (κ2) is 5.13. The predicted molar refractivity (Wildman–Crippen MR) is 89.0 cm³/mol. The van der Waals surface area contributed by atoms with Gasteiger partial charge in [-0.1, -0.05) is 41.5 Å². The Morgan fingerprint density at radius 2 is 1.77 bits per heavy atom. The summed E-state index contributed by atoms with van der Waals surface area (Å²) in [6.45, 7) is 1.36. The van der Waals surface area contributed by atoms with Crippen LogP contribution in [0.2, 0.25) is 0 Å². The molecule has 0 amide bonds. The van der Waals surface area contributed by atoms with Crippen LogP contribution in [0, 0.1) is 0 Å². The molecule has 5 nitrogen and oxygen atoms in total. The minimum atomic E-state index is 0.522. The molecule has 2 aromatic carbocycles. The lowest BCUT2D eigenvalue weighted by atomic mass is 10.2. The highest BCUT2D eigenvalue weighted by Crippen LogP contribution is 2.29. The van der Waals surface area contributed by atoms with E-state index in [2.05, 4.69) is 73.7 Å². The number of hydrogen-bond donors (Lipinski definition) is 0. The van der Waals surface area contributed by atoms with Crippen LogP contribution in [0.3, 0.4) is 0 Å². The molecular formula is C17H15N5. The van der Waals surface area contributed by atoms with E-state index in [1.54, 1.807) is 0 Å². The number of azide groups is 1. The second-order valence-electron chi connectivity index (χ2n) is 5.36. The Kier molecular flexibility index (Phi) is 2.99. The standard InChI is InChI=1S/C17H15N5/c18-20-19-10-5-11-21-15-8-3-4-9-16(15)22-12-13-6-1-2-7-14(13)17(21)22/h1-4,6-9,12H,5,10-11H2. The molecule has 0 aliphatic rings. The van der Waals surface area contributed by atoms with Crippen LogP contribution in [0.1, 0.15) is 6.42 Å². The number of imidazole rings is 1. The zero-order valence-electron chi connectivity index (χ0n) is 12.1. The van der Waals surface area contributed by atoms with Gasteiger partial charge in [-0.25, -0.2) is 0 Å². The van der Waals surface area contributed by atoms with Gasteiger partial charge in [-0.05, 0) is 24.1 Å². The van der Waals surface area contributed by atoms with Gasteiger partial charge in [0.2, 0.25) is 0 Å². The zero-order chi connectivity index (χ0) is 14.9. The van der Waals surface area contributed by atoms with E-state index in [1.165, 1.54) is 27.5 Å². The van der Waals surface area contributed by atoms with E-state index in [0.29, 0.717) is 6.54 Å². The van der Waals surface area contributed by atoms with E-state index in [9.17, 15) is 0 Å². The number of hydrogen-bond acceptors (Lipinski definition) is 1. The molecule has 0 unspecified atom stereocenters. The van der Waals surface area contributed by atoms with Crippen molar-refractivity contribution in [2.75, 3.05) is 6.54 Å². The number of fused-ring (bicyclic) bond motifs is 5. The molecule has 0 atom stereocenters. The summed E-state index contributed by atoms with van der Waals surface area (Å²) in [6.07, 6.45) is 3.02. The molecule has 4 aromatic rings. The van der Waals surface area contributed by atoms with Gasteiger partial charge in [-0.2, -0.15) is 0 Å². The topological polar surface area (TPSA) is 58.1 Å². The fourth-order valence-electron chi connectivity index (χ4n) is 3.18. The summed E-state index contributed by atoms with van der Waals surface area (Å²) in [6, 6.07) is 16.9. The largest absolute Gasteiger partial charge is 0.325 e. The van der Waals surface area contributed by atoms with E-state index >= 15 is 0 Å². The molecule has 0 saturated heterocycles. The van der Waals surface area contributed by atoms with Gasteiger partial charge in [0.1, 0.15) is 5.65 Å². The van der Waals surface area contributed by atoms with E-state index < -0.39 is 0 Å². The van der Waals surface area contributed by atoms with E-state index in [-0.39, 0.29) is 0 Å². The van der Waals surface area contributed by atoms with Crippen molar-refractivity contribution < 1.29 is 0 Å². The maximum absolute atomic E-state index is 8.42. The number of aromatic nitrogens is 2. The first-order chi connectivity index (χ1) is 10.9. The molecule has 0 fully saturated rings. The molecule has 5 heteroatoms. The second-order valence-corrected chi connectivity index (χ2v) is 5.36. The SMILES string of the molecule is [N-]=[N+]=NCCCn1c2ccccc2n2cc3ccccc3c12. The Bertz CT molecular complexity index is 1010. The molecule has 0 N–H and O–H groups in total. The highest BCUT2D eigenvalue weighted by atomic mass is 15.1. The molecule has 0 saturated carbocycles. The smallest absolute Gasteiger partial charge is 0.125 e. The maximum atomic E-state index is 8.42. The summed E-state index contributed by atoms with van der Waals surface area (Å²) in [5.41, 5.74) is 12.0. The van der Waals surface area contributed by atoms with Crippen LogP contribution >= 0.6 is 0 Å². The van der Waals surface area contributed by atoms with E-state index in [1.807, 2.05) is 0 Å². The summed E-state index contributed by atoms with van der Waals surface area (Å²) in [4.78, 5) is 2.83. The van der Waals surface area contributed by atoms with Crippen molar-refractivity contribution in [3.8, 4) is 0 Å². The number of nitrogens with zero attached hydrogens (tertiary/aromatic N) is 5. The molecule has 0 radical (unpaired) electrons. The molecule has 0 bridgehead atoms. The molecule has 0 aliphatic heterocycles. The molecule has 2 heterocycles. The minimum absolute atomic E-state index is 0.522.